The Morgan fingerprint density at radius 1 is 1.18 bits per heavy atom. The number of amides is 1. The zero-order valence-corrected chi connectivity index (χ0v) is 25.6. The number of thiophene rings is 1. The van der Waals surface area contributed by atoms with Crippen LogP contribution in [0.15, 0.2) is 35.4 Å². The quantitative estimate of drug-likeness (QED) is 0.345. The topological polar surface area (TPSA) is 137 Å². The lowest BCUT2D eigenvalue weighted by molar-refractivity contribution is -0.137. The van der Waals surface area contributed by atoms with Crippen molar-refractivity contribution >= 4 is 44.4 Å². The minimum Gasteiger partial charge on any atom is -0.395 e. The number of nitrogens with zero attached hydrogens (tertiary/aromatic N) is 4. The number of piperazine rings is 1. The third kappa shape index (κ3) is 5.89. The smallest absolute Gasteiger partial charge is 0.395 e. The van der Waals surface area contributed by atoms with Gasteiger partial charge >= 0.3 is 6.18 Å². The Labute approximate surface area is 261 Å². The molecule has 240 valence electrons. The number of aromatic nitrogens is 2. The van der Waals surface area contributed by atoms with E-state index in [0.29, 0.717) is 29.8 Å². The molecule has 3 aromatic rings. The zero-order chi connectivity index (χ0) is 31.5. The maximum atomic E-state index is 14.2. The van der Waals surface area contributed by atoms with Crippen molar-refractivity contribution in [1.29, 1.82) is 0 Å². The summed E-state index contributed by atoms with van der Waals surface area (Å²) in [6, 6.07) is 6.66. The molecule has 1 amide bonds. The molecule has 1 atom stereocenters. The maximum absolute atomic E-state index is 14.2. The van der Waals surface area contributed by atoms with Crippen LogP contribution < -0.4 is 15.5 Å². The van der Waals surface area contributed by atoms with Crippen molar-refractivity contribution in [2.45, 2.75) is 41.9 Å². The summed E-state index contributed by atoms with van der Waals surface area (Å²) in [4.78, 5) is 24.8. The normalized spacial score (nSPS) is 22.1. The molecule has 1 aliphatic carbocycles. The first kappa shape index (κ1) is 30.3. The van der Waals surface area contributed by atoms with Crippen molar-refractivity contribution in [3.05, 3.63) is 46.5 Å². The van der Waals surface area contributed by atoms with E-state index < -0.39 is 33.2 Å². The molecule has 16 heteroatoms. The fourth-order valence-electron chi connectivity index (χ4n) is 5.92. The summed E-state index contributed by atoms with van der Waals surface area (Å²) in [5.74, 6) is -0.678. The van der Waals surface area contributed by atoms with Gasteiger partial charge < -0.3 is 30.3 Å². The predicted molar refractivity (Wildman–Crippen MR) is 161 cm³/mol. The van der Waals surface area contributed by atoms with E-state index in [2.05, 4.69) is 31.6 Å². The van der Waals surface area contributed by atoms with Crippen LogP contribution in [0.25, 0.3) is 10.6 Å². The molecule has 3 fully saturated rings. The van der Waals surface area contributed by atoms with Crippen LogP contribution in [0.5, 0.6) is 0 Å². The summed E-state index contributed by atoms with van der Waals surface area (Å²) in [6.07, 6.45) is -2.19. The lowest BCUT2D eigenvalue weighted by Gasteiger charge is -2.36. The van der Waals surface area contributed by atoms with Gasteiger partial charge in [0.05, 0.1) is 47.1 Å². The Bertz CT molecular complexity index is 1740. The molecule has 7 rings (SSSR count). The Morgan fingerprint density at radius 3 is 2.67 bits per heavy atom. The minimum atomic E-state index is -4.83. The first-order valence-corrected chi connectivity index (χ1v) is 17.2. The third-order valence-electron chi connectivity index (χ3n) is 8.62. The number of nitrogens with one attached hydrogen (secondary N) is 2. The standard InChI is InChI=1S/C29H31F3N6O5S2/c30-29(31,32)21-11-34-28(35-22-4-3-18(9-20(22)16-1-2-16)37-6-5-33-17(12-37)13-39)36-25(21)23-10-24-26(44-23)27(40)38(19-14-43-15-19)7-8-45(24,41)42/h3-4,9-11,16-17,19,33,39H,1-2,5-8,12-15H2,(H,34,35,36)/t17-/m0/s1. The van der Waals surface area contributed by atoms with Gasteiger partial charge in [-0.1, -0.05) is 0 Å². The fourth-order valence-corrected chi connectivity index (χ4v) is 8.83. The molecule has 0 bridgehead atoms. The van der Waals surface area contributed by atoms with Crippen LogP contribution in [-0.2, 0) is 20.8 Å². The van der Waals surface area contributed by atoms with Gasteiger partial charge in [0, 0.05) is 49.8 Å². The van der Waals surface area contributed by atoms with Crippen LogP contribution in [0, 0.1) is 0 Å². The number of halogens is 3. The molecule has 2 aromatic heterocycles. The number of anilines is 3. The van der Waals surface area contributed by atoms with E-state index in [9.17, 15) is 31.5 Å². The summed E-state index contributed by atoms with van der Waals surface area (Å²) >= 11 is 0.693. The number of carbonyl (C=O) groups excluding carboxylic acids is 1. The number of sulfone groups is 1. The average molecular weight is 665 g/mol. The van der Waals surface area contributed by atoms with E-state index in [0.717, 1.165) is 43.2 Å². The highest BCUT2D eigenvalue weighted by atomic mass is 32.2. The largest absolute Gasteiger partial charge is 0.420 e. The molecule has 1 saturated carbocycles. The maximum Gasteiger partial charge on any atom is 0.420 e. The van der Waals surface area contributed by atoms with E-state index in [-0.39, 0.29) is 70.7 Å². The second kappa shape index (κ2) is 11.5. The Kier molecular flexibility index (Phi) is 7.75. The Hall–Kier alpha value is -3.31. The highest BCUT2D eigenvalue weighted by Gasteiger charge is 2.41. The van der Waals surface area contributed by atoms with Crippen LogP contribution in [0.2, 0.25) is 0 Å². The second-order valence-corrected chi connectivity index (χ2v) is 14.8. The van der Waals surface area contributed by atoms with E-state index in [4.69, 9.17) is 4.74 Å². The number of aliphatic hydroxyl groups excluding tert-OH is 1. The highest BCUT2D eigenvalue weighted by Crippen LogP contribution is 2.46. The molecule has 3 aliphatic heterocycles. The molecular weight excluding hydrogens is 633 g/mol. The number of aliphatic hydroxyl groups is 1. The molecule has 11 nitrogen and oxygen atoms in total. The Balaban J connectivity index is 1.24. The van der Waals surface area contributed by atoms with Gasteiger partial charge in [-0.25, -0.2) is 18.4 Å². The average Bonchev–Trinajstić information content (AvgIpc) is 3.75. The van der Waals surface area contributed by atoms with Crippen molar-refractivity contribution in [3.63, 3.8) is 0 Å². The van der Waals surface area contributed by atoms with Gasteiger partial charge in [-0.3, -0.25) is 4.79 Å². The van der Waals surface area contributed by atoms with Crippen LogP contribution in [0.3, 0.4) is 0 Å². The van der Waals surface area contributed by atoms with Gasteiger partial charge in [0.15, 0.2) is 9.84 Å². The zero-order valence-electron chi connectivity index (χ0n) is 24.0. The summed E-state index contributed by atoms with van der Waals surface area (Å²) in [5.41, 5.74) is 1.02. The first-order valence-electron chi connectivity index (χ1n) is 14.7. The molecule has 0 radical (unpaired) electrons. The number of rotatable bonds is 7. The van der Waals surface area contributed by atoms with Gasteiger partial charge in [0.1, 0.15) is 10.4 Å². The summed E-state index contributed by atoms with van der Waals surface area (Å²) < 4.78 is 74.1. The van der Waals surface area contributed by atoms with Crippen LogP contribution >= 0.6 is 11.3 Å². The lowest BCUT2D eigenvalue weighted by Crippen LogP contribution is -2.52. The van der Waals surface area contributed by atoms with Gasteiger partial charge in [0.25, 0.3) is 5.91 Å². The fraction of sp³-hybridized carbons (Fsp3) is 0.483. The summed E-state index contributed by atoms with van der Waals surface area (Å²) in [7, 11) is -3.94. The van der Waals surface area contributed by atoms with Gasteiger partial charge in [-0.2, -0.15) is 13.2 Å². The number of ether oxygens (including phenoxy) is 1. The van der Waals surface area contributed by atoms with Crippen molar-refractivity contribution in [3.8, 4) is 10.6 Å². The van der Waals surface area contributed by atoms with Crippen LogP contribution in [-0.4, -0.2) is 98.1 Å². The summed E-state index contributed by atoms with van der Waals surface area (Å²) in [5, 5.41) is 16.0. The van der Waals surface area contributed by atoms with Gasteiger partial charge in [-0.15, -0.1) is 11.3 Å². The SMILES string of the molecule is O=C1c2sc(-c3nc(Nc4ccc(N5CCN[C@H](CO)C5)cc4C4CC4)ncc3C(F)(F)F)cc2S(=O)(=O)CCN1C1COC1. The van der Waals surface area contributed by atoms with Crippen LogP contribution in [0.4, 0.5) is 30.5 Å². The molecule has 45 heavy (non-hydrogen) atoms. The van der Waals surface area contributed by atoms with E-state index in [1.807, 2.05) is 12.1 Å². The number of hydrogen-bond donors (Lipinski definition) is 3. The van der Waals surface area contributed by atoms with Gasteiger partial charge in [-0.05, 0) is 48.6 Å². The number of hydrogen-bond acceptors (Lipinski definition) is 11. The molecular formula is C29H31F3N6O5S2. The molecule has 0 spiro atoms. The minimum absolute atomic E-state index is 0.0138. The van der Waals surface area contributed by atoms with Gasteiger partial charge in [0.2, 0.25) is 5.95 Å². The van der Waals surface area contributed by atoms with E-state index >= 15 is 0 Å². The Morgan fingerprint density at radius 2 is 1.98 bits per heavy atom. The van der Waals surface area contributed by atoms with Crippen molar-refractivity contribution in [1.82, 2.24) is 20.2 Å². The number of fused-ring (bicyclic) bond motifs is 1. The monoisotopic (exact) mass is 664 g/mol. The lowest BCUT2D eigenvalue weighted by atomic mass is 10.1. The van der Waals surface area contributed by atoms with E-state index in [1.54, 1.807) is 0 Å². The third-order valence-corrected chi connectivity index (χ3v) is 11.6. The number of benzene rings is 1. The predicted octanol–water partition coefficient (Wildman–Crippen LogP) is 3.24. The molecule has 1 aromatic carbocycles. The summed E-state index contributed by atoms with van der Waals surface area (Å²) in [6.45, 7) is 2.72. The molecule has 4 aliphatic rings. The first-order chi connectivity index (χ1) is 21.5. The molecule has 2 saturated heterocycles. The number of alkyl halides is 3. The van der Waals surface area contributed by atoms with Crippen molar-refractivity contribution in [2.75, 3.05) is 62.0 Å². The van der Waals surface area contributed by atoms with Crippen molar-refractivity contribution < 1.29 is 36.2 Å². The van der Waals surface area contributed by atoms with Crippen LogP contribution in [0.1, 0.15) is 39.6 Å². The second-order valence-electron chi connectivity index (χ2n) is 11.7. The number of carbonyl (C=O) groups is 1. The highest BCUT2D eigenvalue weighted by molar-refractivity contribution is 7.91. The van der Waals surface area contributed by atoms with Crippen molar-refractivity contribution in [2.24, 2.45) is 0 Å². The molecule has 5 heterocycles. The molecule has 3 N–H and O–H groups in total. The van der Waals surface area contributed by atoms with E-state index in [1.165, 1.54) is 4.90 Å². The molecule has 0 unspecified atom stereocenters.